The maximum Gasteiger partial charge on any atom is 0.0847 e. The van der Waals surface area contributed by atoms with Crippen LogP contribution in [0.3, 0.4) is 0 Å². The van der Waals surface area contributed by atoms with Crippen LogP contribution in [0.15, 0.2) is 0 Å². The fourth-order valence-corrected chi connectivity index (χ4v) is 0.620. The van der Waals surface area contributed by atoms with Crippen molar-refractivity contribution in [3.63, 3.8) is 0 Å². The van der Waals surface area contributed by atoms with Gasteiger partial charge in [-0.3, -0.25) is 0 Å². The van der Waals surface area contributed by atoms with Crippen LogP contribution < -0.4 is 0 Å². The van der Waals surface area contributed by atoms with Crippen LogP contribution >= 0.6 is 0 Å². The summed E-state index contributed by atoms with van der Waals surface area (Å²) in [4.78, 5) is 0. The highest BCUT2D eigenvalue weighted by Gasteiger charge is 2.00. The Balaban J connectivity index is 3.07. The first-order chi connectivity index (χ1) is 3.85. The third-order valence-electron chi connectivity index (χ3n) is 1.23. The zero-order chi connectivity index (χ0) is 6.41. The number of hydrogen-bond donors (Lipinski definition) is 0. The first-order valence-corrected chi connectivity index (χ1v) is 2.96. The van der Waals surface area contributed by atoms with Gasteiger partial charge >= 0.3 is 0 Å². The molecule has 0 saturated carbocycles. The summed E-state index contributed by atoms with van der Waals surface area (Å²) >= 11 is 0. The van der Waals surface area contributed by atoms with E-state index in [9.17, 15) is 5.11 Å². The fraction of sp³-hybridized carbons (Fsp3) is 1.00. The van der Waals surface area contributed by atoms with Crippen LogP contribution in [0.5, 0.6) is 0 Å². The predicted octanol–water partition coefficient (Wildman–Crippen LogP) is 1.23. The summed E-state index contributed by atoms with van der Waals surface area (Å²) in [6.45, 7) is 2.00. The first kappa shape index (κ1) is 7.92. The van der Waals surface area contributed by atoms with Gasteiger partial charge in [-0.15, -0.1) is 0 Å². The lowest BCUT2D eigenvalue weighted by molar-refractivity contribution is 0.0603. The van der Waals surface area contributed by atoms with Crippen molar-refractivity contribution in [3.05, 3.63) is 0 Å². The maximum atomic E-state index is 9.98. The van der Waals surface area contributed by atoms with Gasteiger partial charge in [-0.1, -0.05) is 6.92 Å². The minimum atomic E-state index is -0.0215. The average Bonchev–Trinajstić information content (AvgIpc) is 1.83. The Morgan fingerprint density at radius 1 is 1.62 bits per heavy atom. The highest BCUT2D eigenvalue weighted by atomic mass is 16.5. The minimum Gasteiger partial charge on any atom is -0.381 e. The predicted molar refractivity (Wildman–Crippen MR) is 31.3 cm³/mol. The second-order valence-corrected chi connectivity index (χ2v) is 1.76. The van der Waals surface area contributed by atoms with Crippen LogP contribution in [0.1, 0.15) is 19.8 Å². The van der Waals surface area contributed by atoms with E-state index in [1.165, 1.54) is 0 Å². The Morgan fingerprint density at radius 2 is 2.25 bits per heavy atom. The fourth-order valence-electron chi connectivity index (χ4n) is 0.620. The average molecular weight is 117 g/mol. The summed E-state index contributed by atoms with van der Waals surface area (Å²) in [5.74, 6) is 0. The van der Waals surface area contributed by atoms with Gasteiger partial charge in [0.15, 0.2) is 0 Å². The summed E-state index contributed by atoms with van der Waals surface area (Å²) in [5, 5.41) is 9.98. The van der Waals surface area contributed by atoms with Crippen LogP contribution in [0.4, 0.5) is 0 Å². The largest absolute Gasteiger partial charge is 0.381 e. The SMILES string of the molecule is CCC(CC[O])OC. The standard InChI is InChI=1S/C6H13O2/c1-3-6(8-2)4-5-7/h6H,3-5H2,1-2H3. The number of ether oxygens (including phenoxy) is 1. The Kier molecular flexibility index (Phi) is 5.01. The van der Waals surface area contributed by atoms with Crippen molar-refractivity contribution in [2.75, 3.05) is 13.7 Å². The topological polar surface area (TPSA) is 29.1 Å². The van der Waals surface area contributed by atoms with Crippen molar-refractivity contribution in [1.82, 2.24) is 0 Å². The molecule has 2 nitrogen and oxygen atoms in total. The van der Waals surface area contributed by atoms with E-state index in [1.54, 1.807) is 7.11 Å². The Bertz CT molecular complexity index is 41.8. The molecule has 0 aliphatic rings. The summed E-state index contributed by atoms with van der Waals surface area (Å²) in [7, 11) is 1.64. The highest BCUT2D eigenvalue weighted by Crippen LogP contribution is 1.99. The van der Waals surface area contributed by atoms with Crippen molar-refractivity contribution in [1.29, 1.82) is 0 Å². The molecule has 0 saturated heterocycles. The molecule has 0 aromatic rings. The lowest BCUT2D eigenvalue weighted by atomic mass is 10.2. The third kappa shape index (κ3) is 2.99. The number of hydrogen-bond acceptors (Lipinski definition) is 1. The quantitative estimate of drug-likeness (QED) is 0.544. The Hall–Kier alpha value is -0.0800. The molecule has 8 heavy (non-hydrogen) atoms. The Labute approximate surface area is 50.5 Å². The minimum absolute atomic E-state index is 0.0215. The van der Waals surface area contributed by atoms with Gasteiger partial charge in [-0.25, -0.2) is 5.11 Å². The van der Waals surface area contributed by atoms with E-state index in [0.29, 0.717) is 6.42 Å². The lowest BCUT2D eigenvalue weighted by Gasteiger charge is -2.08. The van der Waals surface area contributed by atoms with E-state index in [2.05, 4.69) is 0 Å². The highest BCUT2D eigenvalue weighted by molar-refractivity contribution is 4.51. The normalized spacial score (nSPS) is 13.9. The van der Waals surface area contributed by atoms with Gasteiger partial charge in [0.1, 0.15) is 0 Å². The zero-order valence-corrected chi connectivity index (χ0v) is 5.52. The van der Waals surface area contributed by atoms with Crippen molar-refractivity contribution in [2.24, 2.45) is 0 Å². The van der Waals surface area contributed by atoms with Gasteiger partial charge in [0, 0.05) is 13.5 Å². The smallest absolute Gasteiger partial charge is 0.0847 e. The van der Waals surface area contributed by atoms with Gasteiger partial charge in [-0.2, -0.15) is 0 Å². The molecular weight excluding hydrogens is 104 g/mol. The summed E-state index contributed by atoms with van der Waals surface area (Å²) in [6.07, 6.45) is 1.78. The van der Waals surface area contributed by atoms with Crippen LogP contribution in [-0.2, 0) is 9.84 Å². The zero-order valence-electron chi connectivity index (χ0n) is 5.52. The number of rotatable bonds is 4. The molecule has 0 spiro atoms. The van der Waals surface area contributed by atoms with E-state index >= 15 is 0 Å². The summed E-state index contributed by atoms with van der Waals surface area (Å²) in [5.41, 5.74) is 0. The van der Waals surface area contributed by atoms with Crippen molar-refractivity contribution >= 4 is 0 Å². The molecule has 0 rings (SSSR count). The van der Waals surface area contributed by atoms with Crippen molar-refractivity contribution in [2.45, 2.75) is 25.9 Å². The molecule has 0 aromatic carbocycles. The van der Waals surface area contributed by atoms with Crippen LogP contribution in [-0.4, -0.2) is 19.8 Å². The van der Waals surface area contributed by atoms with Crippen molar-refractivity contribution in [3.8, 4) is 0 Å². The molecular formula is C6H13O2. The molecule has 0 fully saturated rings. The monoisotopic (exact) mass is 117 g/mol. The molecule has 0 aromatic heterocycles. The van der Waals surface area contributed by atoms with E-state index in [4.69, 9.17) is 4.74 Å². The molecule has 0 heterocycles. The lowest BCUT2D eigenvalue weighted by Crippen LogP contribution is -2.09. The van der Waals surface area contributed by atoms with Crippen LogP contribution in [0.25, 0.3) is 0 Å². The van der Waals surface area contributed by atoms with Gasteiger partial charge < -0.3 is 4.74 Å². The van der Waals surface area contributed by atoms with Gasteiger partial charge in [0.2, 0.25) is 0 Å². The van der Waals surface area contributed by atoms with E-state index in [0.717, 1.165) is 6.42 Å². The van der Waals surface area contributed by atoms with Crippen LogP contribution in [0.2, 0.25) is 0 Å². The molecule has 1 atom stereocenters. The third-order valence-corrected chi connectivity index (χ3v) is 1.23. The van der Waals surface area contributed by atoms with E-state index < -0.39 is 0 Å². The van der Waals surface area contributed by atoms with Crippen LogP contribution in [0, 0.1) is 0 Å². The van der Waals surface area contributed by atoms with Gasteiger partial charge in [0.25, 0.3) is 0 Å². The summed E-state index contributed by atoms with van der Waals surface area (Å²) in [6, 6.07) is 0. The first-order valence-electron chi connectivity index (χ1n) is 2.96. The van der Waals surface area contributed by atoms with E-state index in [-0.39, 0.29) is 12.7 Å². The van der Waals surface area contributed by atoms with Gasteiger partial charge in [0.05, 0.1) is 12.7 Å². The molecule has 0 N–H and O–H groups in total. The van der Waals surface area contributed by atoms with E-state index in [1.807, 2.05) is 6.92 Å². The maximum absolute atomic E-state index is 9.98. The molecule has 49 valence electrons. The number of methoxy groups -OCH3 is 1. The molecule has 1 radical (unpaired) electrons. The molecule has 0 amide bonds. The second kappa shape index (κ2) is 5.06. The molecule has 0 aliphatic carbocycles. The second-order valence-electron chi connectivity index (χ2n) is 1.76. The van der Waals surface area contributed by atoms with Gasteiger partial charge in [-0.05, 0) is 6.42 Å². The van der Waals surface area contributed by atoms with Crippen molar-refractivity contribution < 1.29 is 9.84 Å². The molecule has 0 aliphatic heterocycles. The Morgan fingerprint density at radius 3 is 2.38 bits per heavy atom. The molecule has 1 unspecified atom stereocenters. The summed E-state index contributed by atoms with van der Waals surface area (Å²) < 4.78 is 4.94. The molecule has 0 bridgehead atoms. The molecule has 2 heteroatoms.